The van der Waals surface area contributed by atoms with E-state index in [1.165, 1.54) is 19.2 Å². The van der Waals surface area contributed by atoms with Gasteiger partial charge in [0.05, 0.1) is 10.6 Å². The van der Waals surface area contributed by atoms with E-state index in [-0.39, 0.29) is 16.7 Å². The lowest BCUT2D eigenvalue weighted by molar-refractivity contribution is -0.141. The van der Waals surface area contributed by atoms with Gasteiger partial charge in [0.15, 0.2) is 11.5 Å². The van der Waals surface area contributed by atoms with Crippen LogP contribution in [0.3, 0.4) is 0 Å². The highest BCUT2D eigenvalue weighted by molar-refractivity contribution is 7.85. The molecule has 0 radical (unpaired) electrons. The summed E-state index contributed by atoms with van der Waals surface area (Å²) in [5.41, 5.74) is 4.21. The fourth-order valence-corrected chi connectivity index (χ4v) is 2.09. The van der Waals surface area contributed by atoms with E-state index in [2.05, 4.69) is 26.1 Å². The minimum atomic E-state index is -4.64. The Balaban J connectivity index is 2.17. The van der Waals surface area contributed by atoms with E-state index in [9.17, 15) is 21.6 Å². The van der Waals surface area contributed by atoms with E-state index in [1.54, 1.807) is 0 Å². The maximum absolute atomic E-state index is 12.8. The quantitative estimate of drug-likeness (QED) is 0.472. The van der Waals surface area contributed by atoms with Gasteiger partial charge in [0, 0.05) is 13.1 Å². The Kier molecular flexibility index (Phi) is 4.80. The van der Waals surface area contributed by atoms with Gasteiger partial charge >= 0.3 is 6.18 Å². The van der Waals surface area contributed by atoms with Crippen molar-refractivity contribution in [3.63, 3.8) is 0 Å². The van der Waals surface area contributed by atoms with Crippen LogP contribution in [-0.4, -0.2) is 30.0 Å². The van der Waals surface area contributed by atoms with Crippen molar-refractivity contribution in [2.45, 2.75) is 11.1 Å². The van der Waals surface area contributed by atoms with Crippen LogP contribution in [0.1, 0.15) is 5.69 Å². The summed E-state index contributed by atoms with van der Waals surface area (Å²) >= 11 is 0. The van der Waals surface area contributed by atoms with Gasteiger partial charge in [-0.05, 0) is 24.3 Å². The number of aromatic nitrogens is 2. The Hall–Kier alpha value is -2.60. The molecule has 0 saturated heterocycles. The molecule has 2 aromatic rings. The second-order valence-electron chi connectivity index (χ2n) is 4.46. The van der Waals surface area contributed by atoms with E-state index >= 15 is 0 Å². The molecule has 130 valence electrons. The lowest BCUT2D eigenvalue weighted by Gasteiger charge is -2.13. The van der Waals surface area contributed by atoms with Crippen LogP contribution >= 0.6 is 0 Å². The second-order valence-corrected chi connectivity index (χ2v) is 5.88. The largest absolute Gasteiger partial charge is 0.433 e. The maximum atomic E-state index is 12.8. The minimum Gasteiger partial charge on any atom is -0.357 e. The summed E-state index contributed by atoms with van der Waals surface area (Å²) in [6.07, 6.45) is -4.64. The first-order chi connectivity index (χ1) is 11.1. The number of nitrogens with one attached hydrogen (secondary N) is 3. The average molecular weight is 363 g/mol. The molecule has 4 N–H and O–H groups in total. The first-order valence-electron chi connectivity index (χ1n) is 6.33. The van der Waals surface area contributed by atoms with Crippen molar-refractivity contribution in [1.82, 2.24) is 9.97 Å². The van der Waals surface area contributed by atoms with Gasteiger partial charge in [0.1, 0.15) is 0 Å². The molecular formula is C12H12F3N5O3S. The third-order valence-electron chi connectivity index (χ3n) is 2.73. The zero-order valence-corrected chi connectivity index (χ0v) is 12.9. The van der Waals surface area contributed by atoms with Gasteiger partial charge < -0.3 is 5.32 Å². The third kappa shape index (κ3) is 4.45. The smallest absolute Gasteiger partial charge is 0.357 e. The van der Waals surface area contributed by atoms with Crippen molar-refractivity contribution in [3.8, 4) is 0 Å². The lowest BCUT2D eigenvalue weighted by Crippen LogP contribution is -2.15. The SMILES string of the molecule is CNc1nc(NNc2ccc(S(=O)(=O)O)cc2)cc(C(F)(F)F)n1. The highest BCUT2D eigenvalue weighted by Gasteiger charge is 2.33. The molecule has 0 amide bonds. The van der Waals surface area contributed by atoms with Crippen molar-refractivity contribution >= 4 is 27.6 Å². The topological polar surface area (TPSA) is 116 Å². The molecule has 12 heteroatoms. The number of hydrazine groups is 1. The second kappa shape index (κ2) is 6.49. The molecule has 1 heterocycles. The van der Waals surface area contributed by atoms with Crippen LogP contribution in [0.4, 0.5) is 30.6 Å². The highest BCUT2D eigenvalue weighted by atomic mass is 32.2. The van der Waals surface area contributed by atoms with Crippen molar-refractivity contribution in [2.75, 3.05) is 23.2 Å². The predicted octanol–water partition coefficient (Wildman–Crippen LogP) is 2.22. The number of benzene rings is 1. The van der Waals surface area contributed by atoms with Crippen LogP contribution in [-0.2, 0) is 16.3 Å². The van der Waals surface area contributed by atoms with Gasteiger partial charge in [-0.3, -0.25) is 15.4 Å². The number of halogens is 3. The highest BCUT2D eigenvalue weighted by Crippen LogP contribution is 2.29. The van der Waals surface area contributed by atoms with Crippen molar-refractivity contribution < 1.29 is 26.1 Å². The molecule has 1 aromatic heterocycles. The number of anilines is 3. The normalized spacial score (nSPS) is 11.9. The summed E-state index contributed by atoms with van der Waals surface area (Å²) in [6.45, 7) is 0. The number of nitrogens with zero attached hydrogens (tertiary/aromatic N) is 2. The van der Waals surface area contributed by atoms with Crippen LogP contribution < -0.4 is 16.2 Å². The fraction of sp³-hybridized carbons (Fsp3) is 0.167. The zero-order valence-electron chi connectivity index (χ0n) is 12.1. The number of hydrogen-bond acceptors (Lipinski definition) is 7. The predicted molar refractivity (Wildman–Crippen MR) is 80.1 cm³/mol. The molecule has 0 fully saturated rings. The maximum Gasteiger partial charge on any atom is 0.433 e. The molecule has 1 aromatic carbocycles. The van der Waals surface area contributed by atoms with Gasteiger partial charge in [0.2, 0.25) is 5.95 Å². The van der Waals surface area contributed by atoms with Crippen LogP contribution in [0.5, 0.6) is 0 Å². The van der Waals surface area contributed by atoms with Crippen molar-refractivity contribution in [3.05, 3.63) is 36.0 Å². The van der Waals surface area contributed by atoms with E-state index in [1.807, 2.05) is 0 Å². The van der Waals surface area contributed by atoms with E-state index in [0.717, 1.165) is 12.1 Å². The van der Waals surface area contributed by atoms with Crippen molar-refractivity contribution in [2.24, 2.45) is 0 Å². The summed E-state index contributed by atoms with van der Waals surface area (Å²) in [7, 11) is -2.94. The van der Waals surface area contributed by atoms with Crippen LogP contribution in [0.2, 0.25) is 0 Å². The average Bonchev–Trinajstić information content (AvgIpc) is 2.51. The van der Waals surface area contributed by atoms with Crippen molar-refractivity contribution in [1.29, 1.82) is 0 Å². The number of rotatable bonds is 5. The molecule has 8 nitrogen and oxygen atoms in total. The van der Waals surface area contributed by atoms with Gasteiger partial charge in [-0.2, -0.15) is 26.6 Å². The van der Waals surface area contributed by atoms with Gasteiger partial charge in [-0.25, -0.2) is 4.98 Å². The molecule has 0 unspecified atom stereocenters. The molecule has 0 saturated carbocycles. The third-order valence-corrected chi connectivity index (χ3v) is 3.60. The summed E-state index contributed by atoms with van der Waals surface area (Å²) in [6, 6.07) is 5.57. The first kappa shape index (κ1) is 17.7. The zero-order chi connectivity index (χ0) is 18.0. The van der Waals surface area contributed by atoms with Crippen LogP contribution in [0.15, 0.2) is 35.2 Å². The number of alkyl halides is 3. The van der Waals surface area contributed by atoms with Gasteiger partial charge in [0.25, 0.3) is 10.1 Å². The number of hydrogen-bond donors (Lipinski definition) is 4. The molecule has 0 atom stereocenters. The van der Waals surface area contributed by atoms with Crippen LogP contribution in [0.25, 0.3) is 0 Å². The molecule has 0 aliphatic rings. The Morgan fingerprint density at radius 3 is 2.21 bits per heavy atom. The van der Waals surface area contributed by atoms with E-state index in [0.29, 0.717) is 11.8 Å². The monoisotopic (exact) mass is 363 g/mol. The van der Waals surface area contributed by atoms with Gasteiger partial charge in [-0.1, -0.05) is 0 Å². The summed E-state index contributed by atoms with van der Waals surface area (Å²) in [5, 5.41) is 2.42. The standard InChI is InChI=1S/C12H12F3N5O3S/c1-16-11-17-9(12(13,14)15)6-10(18-11)20-19-7-2-4-8(5-3-7)24(21,22)23/h2-6,19H,1H3,(H,21,22,23)(H2,16,17,18,20). The minimum absolute atomic E-state index is 0.152. The van der Waals surface area contributed by atoms with Gasteiger partial charge in [-0.15, -0.1) is 0 Å². The molecule has 0 aliphatic carbocycles. The summed E-state index contributed by atoms with van der Waals surface area (Å²) < 4.78 is 69.0. The molecule has 0 aliphatic heterocycles. The molecule has 2 rings (SSSR count). The van der Waals surface area contributed by atoms with E-state index < -0.39 is 22.0 Å². The Morgan fingerprint density at radius 2 is 1.71 bits per heavy atom. The van der Waals surface area contributed by atoms with Crippen LogP contribution in [0, 0.1) is 0 Å². The van der Waals surface area contributed by atoms with E-state index in [4.69, 9.17) is 4.55 Å². The lowest BCUT2D eigenvalue weighted by atomic mass is 10.3. The molecule has 0 bridgehead atoms. The fourth-order valence-electron chi connectivity index (χ4n) is 1.61. The summed E-state index contributed by atoms with van der Waals surface area (Å²) in [4.78, 5) is 6.80. The Labute approximate surface area is 134 Å². The Morgan fingerprint density at radius 1 is 1.08 bits per heavy atom. The molecule has 24 heavy (non-hydrogen) atoms. The molecule has 0 spiro atoms. The Bertz CT molecular complexity index is 825. The first-order valence-corrected chi connectivity index (χ1v) is 7.77. The summed E-state index contributed by atoms with van der Waals surface area (Å²) in [5.74, 6) is -0.378. The molecular weight excluding hydrogens is 351 g/mol.